The Labute approximate surface area is 118 Å². The molecule has 0 aliphatic heterocycles. The Morgan fingerprint density at radius 2 is 2.11 bits per heavy atom. The number of primary amides is 1. The highest BCUT2D eigenvalue weighted by Crippen LogP contribution is 2.30. The molecule has 2 amide bonds. The second kappa shape index (κ2) is 6.32. The fourth-order valence-corrected chi connectivity index (χ4v) is 3.05. The van der Waals surface area contributed by atoms with Gasteiger partial charge in [-0.15, -0.1) is 11.8 Å². The van der Waals surface area contributed by atoms with Crippen molar-refractivity contribution in [1.82, 2.24) is 9.71 Å². The van der Waals surface area contributed by atoms with Gasteiger partial charge in [-0.05, 0) is 6.26 Å². The molecule has 0 aliphatic rings. The smallest absolute Gasteiger partial charge is 0.315 e. The third-order valence-corrected chi connectivity index (χ3v) is 4.63. The number of carbonyl (C=O) groups is 2. The molecule has 0 saturated carbocycles. The van der Waals surface area contributed by atoms with Crippen molar-refractivity contribution < 1.29 is 18.0 Å². The summed E-state index contributed by atoms with van der Waals surface area (Å²) >= 11 is 2.49. The second-order valence-electron chi connectivity index (χ2n) is 3.37. The highest BCUT2D eigenvalue weighted by molar-refractivity contribution is 8.00. The number of nitrogens with zero attached hydrogens (tertiary/aromatic N) is 1. The summed E-state index contributed by atoms with van der Waals surface area (Å²) in [6.07, 6.45) is 2.82. The summed E-state index contributed by atoms with van der Waals surface area (Å²) < 4.78 is 25.0. The van der Waals surface area contributed by atoms with Gasteiger partial charge in [-0.25, -0.2) is 18.1 Å². The first-order chi connectivity index (χ1) is 8.73. The third-order valence-electron chi connectivity index (χ3n) is 1.79. The van der Waals surface area contributed by atoms with Crippen molar-refractivity contribution in [2.75, 3.05) is 17.8 Å². The van der Waals surface area contributed by atoms with Crippen molar-refractivity contribution >= 4 is 50.1 Å². The van der Waals surface area contributed by atoms with Crippen LogP contribution >= 0.6 is 23.1 Å². The van der Waals surface area contributed by atoms with Crippen molar-refractivity contribution in [2.24, 2.45) is 5.73 Å². The number of hydrogen-bond acceptors (Lipinski definition) is 7. The van der Waals surface area contributed by atoms with Crippen molar-refractivity contribution in [3.8, 4) is 0 Å². The standard InChI is InChI=1S/C8H12N4O4S3/c1-17-7-4(3-10-19(2,15)16)11-8(18-7)12-6(14)5(9)13/h10H,3H2,1-2H3,(H2,9,13)(H,11,12,14). The lowest BCUT2D eigenvalue weighted by Crippen LogP contribution is -2.29. The first-order valence-electron chi connectivity index (χ1n) is 4.82. The molecule has 1 aromatic heterocycles. The maximum Gasteiger partial charge on any atom is 0.315 e. The number of sulfonamides is 1. The van der Waals surface area contributed by atoms with E-state index in [-0.39, 0.29) is 11.7 Å². The largest absolute Gasteiger partial charge is 0.361 e. The van der Waals surface area contributed by atoms with Gasteiger partial charge in [-0.3, -0.25) is 14.9 Å². The van der Waals surface area contributed by atoms with Crippen LogP contribution in [0.2, 0.25) is 0 Å². The number of nitrogens with two attached hydrogens (primary N) is 1. The molecular formula is C8H12N4O4S3. The number of thioether (sulfide) groups is 1. The van der Waals surface area contributed by atoms with Crippen molar-refractivity contribution in [3.05, 3.63) is 5.69 Å². The summed E-state index contributed by atoms with van der Waals surface area (Å²) in [5.41, 5.74) is 5.28. The van der Waals surface area contributed by atoms with Gasteiger partial charge in [0.15, 0.2) is 5.13 Å². The number of thiazole rings is 1. The first kappa shape index (κ1) is 15.9. The van der Waals surface area contributed by atoms with E-state index in [9.17, 15) is 18.0 Å². The van der Waals surface area contributed by atoms with E-state index < -0.39 is 21.8 Å². The molecule has 0 fully saturated rings. The van der Waals surface area contributed by atoms with Crippen LogP contribution in [0.15, 0.2) is 4.21 Å². The van der Waals surface area contributed by atoms with E-state index in [1.807, 2.05) is 0 Å². The Morgan fingerprint density at radius 1 is 1.47 bits per heavy atom. The Balaban J connectivity index is 2.85. The van der Waals surface area contributed by atoms with Crippen LogP contribution in [0.1, 0.15) is 5.69 Å². The van der Waals surface area contributed by atoms with Crippen molar-refractivity contribution in [2.45, 2.75) is 10.8 Å². The Morgan fingerprint density at radius 3 is 2.58 bits per heavy atom. The van der Waals surface area contributed by atoms with Gasteiger partial charge in [-0.1, -0.05) is 11.3 Å². The van der Waals surface area contributed by atoms with Crippen LogP contribution in [-0.4, -0.2) is 37.7 Å². The van der Waals surface area contributed by atoms with Gasteiger partial charge in [0.05, 0.1) is 22.7 Å². The summed E-state index contributed by atoms with van der Waals surface area (Å²) in [5, 5.41) is 2.43. The zero-order chi connectivity index (χ0) is 14.6. The molecular weight excluding hydrogens is 312 g/mol. The lowest BCUT2D eigenvalue weighted by molar-refractivity contribution is -0.134. The van der Waals surface area contributed by atoms with Gasteiger partial charge in [0.1, 0.15) is 0 Å². The SMILES string of the molecule is CSc1sc(NC(=O)C(N)=O)nc1CNS(C)(=O)=O. The zero-order valence-corrected chi connectivity index (χ0v) is 12.5. The summed E-state index contributed by atoms with van der Waals surface area (Å²) in [5.74, 6) is -2.08. The van der Waals surface area contributed by atoms with E-state index in [0.29, 0.717) is 5.69 Å². The predicted molar refractivity (Wildman–Crippen MR) is 73.4 cm³/mol. The van der Waals surface area contributed by atoms with Gasteiger partial charge in [0.25, 0.3) is 0 Å². The third kappa shape index (κ3) is 5.14. The number of hydrogen-bond donors (Lipinski definition) is 3. The highest BCUT2D eigenvalue weighted by atomic mass is 32.2. The van der Waals surface area contributed by atoms with Crippen LogP contribution in [0.4, 0.5) is 5.13 Å². The molecule has 1 heterocycles. The quantitative estimate of drug-likeness (QED) is 0.486. The monoisotopic (exact) mass is 324 g/mol. The highest BCUT2D eigenvalue weighted by Gasteiger charge is 2.16. The van der Waals surface area contributed by atoms with E-state index in [4.69, 9.17) is 5.73 Å². The van der Waals surface area contributed by atoms with Gasteiger partial charge >= 0.3 is 11.8 Å². The van der Waals surface area contributed by atoms with E-state index in [1.165, 1.54) is 11.8 Å². The lowest BCUT2D eigenvalue weighted by Gasteiger charge is -2.00. The Hall–Kier alpha value is -1.17. The molecule has 11 heteroatoms. The molecule has 0 aromatic carbocycles. The average molecular weight is 324 g/mol. The molecule has 0 atom stereocenters. The topological polar surface area (TPSA) is 131 Å². The van der Waals surface area contributed by atoms with Crippen LogP contribution in [0.5, 0.6) is 0 Å². The van der Waals surface area contributed by atoms with Crippen LogP contribution in [0.3, 0.4) is 0 Å². The number of aromatic nitrogens is 1. The molecule has 1 rings (SSSR count). The van der Waals surface area contributed by atoms with Crippen LogP contribution in [-0.2, 0) is 26.2 Å². The maximum atomic E-state index is 11.1. The minimum Gasteiger partial charge on any atom is -0.361 e. The van der Waals surface area contributed by atoms with Crippen LogP contribution < -0.4 is 15.8 Å². The molecule has 0 aliphatic carbocycles. The normalized spacial score (nSPS) is 11.3. The van der Waals surface area contributed by atoms with Crippen molar-refractivity contribution in [1.29, 1.82) is 0 Å². The van der Waals surface area contributed by atoms with E-state index >= 15 is 0 Å². The molecule has 1 aromatic rings. The van der Waals surface area contributed by atoms with Gasteiger partial charge in [-0.2, -0.15) is 0 Å². The minimum atomic E-state index is -3.33. The Bertz CT molecular complexity index is 595. The van der Waals surface area contributed by atoms with Gasteiger partial charge < -0.3 is 5.73 Å². The van der Waals surface area contributed by atoms with Crippen molar-refractivity contribution in [3.63, 3.8) is 0 Å². The average Bonchev–Trinajstić information content (AvgIpc) is 2.67. The number of nitrogens with one attached hydrogen (secondary N) is 2. The Kier molecular flexibility index (Phi) is 5.29. The van der Waals surface area contributed by atoms with Gasteiger partial charge in [0.2, 0.25) is 10.0 Å². The molecule has 0 saturated heterocycles. The predicted octanol–water partition coefficient (Wildman–Crippen LogP) is -0.662. The zero-order valence-electron chi connectivity index (χ0n) is 10.1. The molecule has 0 bridgehead atoms. The summed E-state index contributed by atoms with van der Waals surface area (Å²) in [7, 11) is -3.33. The molecule has 0 spiro atoms. The van der Waals surface area contributed by atoms with E-state index in [2.05, 4.69) is 15.0 Å². The first-order valence-corrected chi connectivity index (χ1v) is 8.75. The van der Waals surface area contributed by atoms with Crippen LogP contribution in [0.25, 0.3) is 0 Å². The molecule has 0 radical (unpaired) electrons. The van der Waals surface area contributed by atoms with E-state index in [1.54, 1.807) is 6.26 Å². The molecule has 19 heavy (non-hydrogen) atoms. The van der Waals surface area contributed by atoms with Gasteiger partial charge in [0, 0.05) is 0 Å². The summed E-state index contributed by atoms with van der Waals surface area (Å²) in [6.45, 7) is 0.0119. The maximum absolute atomic E-state index is 11.1. The number of amides is 2. The molecule has 106 valence electrons. The fraction of sp³-hybridized carbons (Fsp3) is 0.375. The fourth-order valence-electron chi connectivity index (χ4n) is 1.02. The minimum absolute atomic E-state index is 0.0119. The summed E-state index contributed by atoms with van der Waals surface area (Å²) in [6, 6.07) is 0. The van der Waals surface area contributed by atoms with E-state index in [0.717, 1.165) is 21.8 Å². The molecule has 8 nitrogen and oxygen atoms in total. The number of anilines is 1. The molecule has 4 N–H and O–H groups in total. The number of rotatable bonds is 5. The molecule has 0 unspecified atom stereocenters. The lowest BCUT2D eigenvalue weighted by atomic mass is 10.5. The number of carbonyl (C=O) groups excluding carboxylic acids is 2. The second-order valence-corrected chi connectivity index (χ2v) is 7.28. The van der Waals surface area contributed by atoms with Crippen LogP contribution in [0, 0.1) is 0 Å². The summed E-state index contributed by atoms with van der Waals surface area (Å²) in [4.78, 5) is 25.8.